The van der Waals surface area contributed by atoms with E-state index in [0.717, 1.165) is 5.69 Å². The van der Waals surface area contributed by atoms with Gasteiger partial charge in [0.2, 0.25) is 0 Å². The SMILES string of the molecule is CCOC(CN)Cn1c(C)cccc1=O. The summed E-state index contributed by atoms with van der Waals surface area (Å²) in [5, 5.41) is 0. The molecule has 1 aromatic heterocycles. The summed E-state index contributed by atoms with van der Waals surface area (Å²) in [4.78, 5) is 11.6. The van der Waals surface area contributed by atoms with E-state index in [0.29, 0.717) is 19.7 Å². The van der Waals surface area contributed by atoms with Crippen molar-refractivity contribution in [2.24, 2.45) is 5.73 Å². The molecule has 0 saturated carbocycles. The maximum atomic E-state index is 11.6. The molecule has 1 unspecified atom stereocenters. The number of ether oxygens (including phenoxy) is 1. The summed E-state index contributed by atoms with van der Waals surface area (Å²) in [6.45, 7) is 5.39. The maximum absolute atomic E-state index is 11.6. The molecule has 84 valence electrons. The summed E-state index contributed by atoms with van der Waals surface area (Å²) in [5.74, 6) is 0. The van der Waals surface area contributed by atoms with Crippen LogP contribution in [0.2, 0.25) is 0 Å². The van der Waals surface area contributed by atoms with Crippen LogP contribution in [0, 0.1) is 6.92 Å². The number of hydrogen-bond acceptors (Lipinski definition) is 3. The molecule has 0 spiro atoms. The van der Waals surface area contributed by atoms with Crippen molar-refractivity contribution in [3.05, 3.63) is 34.2 Å². The van der Waals surface area contributed by atoms with Gasteiger partial charge in [0.05, 0.1) is 12.6 Å². The summed E-state index contributed by atoms with van der Waals surface area (Å²) in [7, 11) is 0. The van der Waals surface area contributed by atoms with Gasteiger partial charge in [-0.1, -0.05) is 6.07 Å². The zero-order chi connectivity index (χ0) is 11.3. The van der Waals surface area contributed by atoms with Gasteiger partial charge in [-0.3, -0.25) is 4.79 Å². The van der Waals surface area contributed by atoms with Crippen LogP contribution in [0.25, 0.3) is 0 Å². The van der Waals surface area contributed by atoms with Gasteiger partial charge in [0.25, 0.3) is 5.56 Å². The zero-order valence-corrected chi connectivity index (χ0v) is 9.27. The monoisotopic (exact) mass is 210 g/mol. The van der Waals surface area contributed by atoms with Gasteiger partial charge in [-0.15, -0.1) is 0 Å². The lowest BCUT2D eigenvalue weighted by Gasteiger charge is -2.17. The van der Waals surface area contributed by atoms with Gasteiger partial charge in [0, 0.05) is 24.9 Å². The Bertz CT molecular complexity index is 360. The Morgan fingerprint density at radius 3 is 2.80 bits per heavy atom. The van der Waals surface area contributed by atoms with Crippen molar-refractivity contribution in [2.75, 3.05) is 13.2 Å². The largest absolute Gasteiger partial charge is 0.375 e. The molecule has 0 radical (unpaired) electrons. The first-order valence-corrected chi connectivity index (χ1v) is 5.17. The van der Waals surface area contributed by atoms with Crippen molar-refractivity contribution in [3.8, 4) is 0 Å². The molecule has 0 bridgehead atoms. The fourth-order valence-electron chi connectivity index (χ4n) is 1.49. The van der Waals surface area contributed by atoms with Gasteiger partial charge in [-0.2, -0.15) is 0 Å². The molecule has 4 heteroatoms. The van der Waals surface area contributed by atoms with Crippen molar-refractivity contribution in [3.63, 3.8) is 0 Å². The molecule has 2 N–H and O–H groups in total. The van der Waals surface area contributed by atoms with Crippen molar-refractivity contribution in [1.82, 2.24) is 4.57 Å². The number of nitrogens with two attached hydrogens (primary N) is 1. The fourth-order valence-corrected chi connectivity index (χ4v) is 1.49. The second-order valence-corrected chi connectivity index (χ2v) is 3.43. The van der Waals surface area contributed by atoms with Crippen LogP contribution in [0.3, 0.4) is 0 Å². The normalized spacial score (nSPS) is 12.7. The summed E-state index contributed by atoms with van der Waals surface area (Å²) >= 11 is 0. The first-order valence-electron chi connectivity index (χ1n) is 5.17. The Hall–Kier alpha value is -1.13. The van der Waals surface area contributed by atoms with E-state index in [-0.39, 0.29) is 11.7 Å². The minimum atomic E-state index is -0.0891. The van der Waals surface area contributed by atoms with E-state index in [1.165, 1.54) is 0 Å². The lowest BCUT2D eigenvalue weighted by Crippen LogP contribution is -2.34. The van der Waals surface area contributed by atoms with Crippen molar-refractivity contribution >= 4 is 0 Å². The van der Waals surface area contributed by atoms with Gasteiger partial charge in [-0.05, 0) is 19.9 Å². The van der Waals surface area contributed by atoms with Crippen LogP contribution in [0.15, 0.2) is 23.0 Å². The molecule has 1 atom stereocenters. The van der Waals surface area contributed by atoms with E-state index in [2.05, 4.69) is 0 Å². The van der Waals surface area contributed by atoms with E-state index >= 15 is 0 Å². The Morgan fingerprint density at radius 1 is 1.53 bits per heavy atom. The summed E-state index contributed by atoms with van der Waals surface area (Å²) in [6, 6.07) is 5.21. The first kappa shape index (κ1) is 11.9. The van der Waals surface area contributed by atoms with Crippen LogP contribution in [0.1, 0.15) is 12.6 Å². The predicted molar refractivity (Wildman–Crippen MR) is 59.9 cm³/mol. The molecule has 0 amide bonds. The summed E-state index contributed by atoms with van der Waals surface area (Å²) in [6.07, 6.45) is -0.0891. The minimum Gasteiger partial charge on any atom is -0.375 e. The Balaban J connectivity index is 2.83. The molecule has 0 aliphatic heterocycles. The van der Waals surface area contributed by atoms with E-state index in [1.807, 2.05) is 19.9 Å². The maximum Gasteiger partial charge on any atom is 0.250 e. The van der Waals surface area contributed by atoms with E-state index in [9.17, 15) is 4.79 Å². The molecule has 1 rings (SSSR count). The molecule has 1 aromatic rings. The minimum absolute atomic E-state index is 0.00634. The van der Waals surface area contributed by atoms with Crippen molar-refractivity contribution in [1.29, 1.82) is 0 Å². The van der Waals surface area contributed by atoms with Crippen LogP contribution < -0.4 is 11.3 Å². The van der Waals surface area contributed by atoms with Gasteiger partial charge < -0.3 is 15.0 Å². The Morgan fingerprint density at radius 2 is 2.27 bits per heavy atom. The number of aryl methyl sites for hydroxylation is 1. The smallest absolute Gasteiger partial charge is 0.250 e. The third kappa shape index (κ3) is 3.18. The molecule has 0 aliphatic rings. The highest BCUT2D eigenvalue weighted by molar-refractivity contribution is 5.04. The average molecular weight is 210 g/mol. The molecule has 0 fully saturated rings. The number of hydrogen-bond donors (Lipinski definition) is 1. The van der Waals surface area contributed by atoms with Crippen LogP contribution in [-0.4, -0.2) is 23.8 Å². The standard InChI is InChI=1S/C11H18N2O2/c1-3-15-10(7-12)8-13-9(2)5-4-6-11(13)14/h4-6,10H,3,7-8,12H2,1-2H3. The number of nitrogens with zero attached hydrogens (tertiary/aromatic N) is 1. The molecular formula is C11H18N2O2. The van der Waals surface area contributed by atoms with Gasteiger partial charge >= 0.3 is 0 Å². The van der Waals surface area contributed by atoms with Crippen molar-refractivity contribution in [2.45, 2.75) is 26.5 Å². The van der Waals surface area contributed by atoms with E-state index in [1.54, 1.807) is 16.7 Å². The Labute approximate surface area is 89.7 Å². The summed E-state index contributed by atoms with van der Waals surface area (Å²) < 4.78 is 7.11. The third-order valence-corrected chi connectivity index (χ3v) is 2.32. The second kappa shape index (κ2) is 5.68. The van der Waals surface area contributed by atoms with E-state index < -0.39 is 0 Å². The predicted octanol–water partition coefficient (Wildman–Crippen LogP) is 0.521. The zero-order valence-electron chi connectivity index (χ0n) is 9.27. The first-order chi connectivity index (χ1) is 7.19. The lowest BCUT2D eigenvalue weighted by atomic mass is 10.3. The number of rotatable bonds is 5. The summed E-state index contributed by atoms with van der Waals surface area (Å²) in [5.41, 5.74) is 6.49. The highest BCUT2D eigenvalue weighted by Crippen LogP contribution is 1.98. The van der Waals surface area contributed by atoms with Gasteiger partial charge in [0.15, 0.2) is 0 Å². The van der Waals surface area contributed by atoms with Gasteiger partial charge in [-0.25, -0.2) is 0 Å². The van der Waals surface area contributed by atoms with E-state index in [4.69, 9.17) is 10.5 Å². The van der Waals surface area contributed by atoms with Crippen LogP contribution in [0.4, 0.5) is 0 Å². The topological polar surface area (TPSA) is 57.2 Å². The molecule has 0 saturated heterocycles. The average Bonchev–Trinajstić information content (AvgIpc) is 2.22. The van der Waals surface area contributed by atoms with Crippen LogP contribution >= 0.6 is 0 Å². The highest BCUT2D eigenvalue weighted by atomic mass is 16.5. The number of aromatic nitrogens is 1. The van der Waals surface area contributed by atoms with Crippen LogP contribution in [-0.2, 0) is 11.3 Å². The third-order valence-electron chi connectivity index (χ3n) is 2.32. The molecule has 4 nitrogen and oxygen atoms in total. The highest BCUT2D eigenvalue weighted by Gasteiger charge is 2.09. The van der Waals surface area contributed by atoms with Crippen LogP contribution in [0.5, 0.6) is 0 Å². The lowest BCUT2D eigenvalue weighted by molar-refractivity contribution is 0.0556. The molecule has 0 aliphatic carbocycles. The molecule has 15 heavy (non-hydrogen) atoms. The van der Waals surface area contributed by atoms with Crippen molar-refractivity contribution < 1.29 is 4.74 Å². The second-order valence-electron chi connectivity index (χ2n) is 3.43. The molecule has 1 heterocycles. The quantitative estimate of drug-likeness (QED) is 0.771. The molecule has 0 aromatic carbocycles. The van der Waals surface area contributed by atoms with Gasteiger partial charge in [0.1, 0.15) is 0 Å². The number of pyridine rings is 1. The molecular weight excluding hydrogens is 192 g/mol. The Kier molecular flexibility index (Phi) is 4.52. The fraction of sp³-hybridized carbons (Fsp3) is 0.545.